The van der Waals surface area contributed by atoms with Crippen molar-refractivity contribution in [2.24, 2.45) is 0 Å². The van der Waals surface area contributed by atoms with Gasteiger partial charge >= 0.3 is 0 Å². The standard InChI is InChI=1S/C25H34N2O/c1-5-27(17-10-15-23(16-18-27)22-13-7-6-8-14-22)21(4)25(28)26-24-19(2)11-9-12-20(24)3/h6-9,11-14,21,23H,5,10,15-18H2,1-4H3/p+1. The molecule has 0 aromatic heterocycles. The number of carbonyl (C=O) groups excluding carboxylic acids is 1. The number of anilines is 1. The summed E-state index contributed by atoms with van der Waals surface area (Å²) >= 11 is 0. The Labute approximate surface area is 170 Å². The number of nitrogens with zero attached hydrogens (tertiary/aromatic N) is 1. The van der Waals surface area contributed by atoms with Gasteiger partial charge in [0.05, 0.1) is 19.6 Å². The smallest absolute Gasteiger partial charge is 0.282 e. The van der Waals surface area contributed by atoms with E-state index in [-0.39, 0.29) is 11.9 Å². The molecule has 1 aliphatic heterocycles. The zero-order valence-electron chi connectivity index (χ0n) is 17.9. The van der Waals surface area contributed by atoms with Crippen LogP contribution < -0.4 is 5.32 Å². The van der Waals surface area contributed by atoms with E-state index in [9.17, 15) is 4.79 Å². The van der Waals surface area contributed by atoms with Gasteiger partial charge in [-0.15, -0.1) is 0 Å². The minimum Gasteiger partial charge on any atom is -0.320 e. The molecular formula is C25H35N2O+. The molecule has 1 N–H and O–H groups in total. The number of benzene rings is 2. The molecular weight excluding hydrogens is 344 g/mol. The summed E-state index contributed by atoms with van der Waals surface area (Å²) in [6.45, 7) is 11.6. The largest absolute Gasteiger partial charge is 0.320 e. The zero-order valence-corrected chi connectivity index (χ0v) is 17.9. The number of likely N-dealkylation sites (N-methyl/N-ethyl adjacent to an activating group) is 1. The van der Waals surface area contributed by atoms with Crippen molar-refractivity contribution >= 4 is 11.6 Å². The van der Waals surface area contributed by atoms with Gasteiger partial charge in [0, 0.05) is 12.1 Å². The monoisotopic (exact) mass is 379 g/mol. The van der Waals surface area contributed by atoms with Crippen molar-refractivity contribution in [2.45, 2.75) is 58.9 Å². The minimum absolute atomic E-state index is 0.0430. The van der Waals surface area contributed by atoms with Crippen molar-refractivity contribution in [3.05, 3.63) is 65.2 Å². The summed E-state index contributed by atoms with van der Waals surface area (Å²) < 4.78 is 0.889. The molecule has 3 heteroatoms. The number of hydrogen-bond acceptors (Lipinski definition) is 1. The van der Waals surface area contributed by atoms with Gasteiger partial charge in [0.15, 0.2) is 6.04 Å². The fourth-order valence-corrected chi connectivity index (χ4v) is 4.85. The van der Waals surface area contributed by atoms with Crippen LogP contribution in [0.5, 0.6) is 0 Å². The van der Waals surface area contributed by atoms with Crippen LogP contribution >= 0.6 is 0 Å². The molecule has 150 valence electrons. The molecule has 1 fully saturated rings. The van der Waals surface area contributed by atoms with Crippen LogP contribution in [-0.4, -0.2) is 36.1 Å². The van der Waals surface area contributed by atoms with Gasteiger partial charge in [0.2, 0.25) is 0 Å². The molecule has 1 aliphatic rings. The van der Waals surface area contributed by atoms with Gasteiger partial charge in [-0.3, -0.25) is 4.79 Å². The average molecular weight is 380 g/mol. The Kier molecular flexibility index (Phi) is 6.56. The van der Waals surface area contributed by atoms with E-state index in [0.717, 1.165) is 47.4 Å². The van der Waals surface area contributed by atoms with E-state index in [1.54, 1.807) is 0 Å². The maximum atomic E-state index is 13.2. The predicted octanol–water partition coefficient (Wildman–Crippen LogP) is 5.43. The number of hydrogen-bond donors (Lipinski definition) is 1. The predicted molar refractivity (Wildman–Crippen MR) is 118 cm³/mol. The number of carbonyl (C=O) groups is 1. The Balaban J connectivity index is 1.74. The van der Waals surface area contributed by atoms with Crippen molar-refractivity contribution < 1.29 is 9.28 Å². The van der Waals surface area contributed by atoms with Gasteiger partial charge in [0.25, 0.3) is 5.91 Å². The van der Waals surface area contributed by atoms with Crippen molar-refractivity contribution in [1.29, 1.82) is 0 Å². The Morgan fingerprint density at radius 2 is 1.71 bits per heavy atom. The van der Waals surface area contributed by atoms with Gasteiger partial charge in [0.1, 0.15) is 0 Å². The third kappa shape index (κ3) is 4.30. The molecule has 2 aromatic rings. The van der Waals surface area contributed by atoms with Crippen molar-refractivity contribution in [3.8, 4) is 0 Å². The molecule has 1 amide bonds. The molecule has 3 atom stereocenters. The van der Waals surface area contributed by atoms with Crippen LogP contribution in [0.1, 0.15) is 55.7 Å². The van der Waals surface area contributed by atoms with E-state index in [2.05, 4.69) is 75.5 Å². The van der Waals surface area contributed by atoms with Crippen LogP contribution in [0, 0.1) is 13.8 Å². The zero-order chi connectivity index (χ0) is 20.1. The number of amides is 1. The third-order valence-corrected chi connectivity index (χ3v) is 6.91. The SMILES string of the molecule is CC[N+]1(C(C)C(=O)Nc2c(C)cccc2C)CCCC(c2ccccc2)CC1. The van der Waals surface area contributed by atoms with Gasteiger partial charge < -0.3 is 9.80 Å². The maximum absolute atomic E-state index is 13.2. The number of quaternary nitrogens is 1. The van der Waals surface area contributed by atoms with Crippen molar-refractivity contribution in [2.75, 3.05) is 25.0 Å². The molecule has 3 rings (SSSR count). The van der Waals surface area contributed by atoms with Crippen LogP contribution in [0.15, 0.2) is 48.5 Å². The van der Waals surface area contributed by atoms with Gasteiger partial charge in [-0.25, -0.2) is 0 Å². The highest BCUT2D eigenvalue weighted by molar-refractivity contribution is 5.95. The first-order chi connectivity index (χ1) is 13.5. The summed E-state index contributed by atoms with van der Waals surface area (Å²) in [5.74, 6) is 0.763. The van der Waals surface area contributed by atoms with Gasteiger partial charge in [-0.05, 0) is 63.1 Å². The first-order valence-corrected chi connectivity index (χ1v) is 10.7. The lowest BCUT2D eigenvalue weighted by Gasteiger charge is -2.41. The molecule has 0 spiro atoms. The van der Waals surface area contributed by atoms with E-state index >= 15 is 0 Å². The van der Waals surface area contributed by atoms with Gasteiger partial charge in [-0.2, -0.15) is 0 Å². The van der Waals surface area contributed by atoms with E-state index in [0.29, 0.717) is 5.92 Å². The van der Waals surface area contributed by atoms with Gasteiger partial charge in [-0.1, -0.05) is 48.5 Å². The van der Waals surface area contributed by atoms with Crippen LogP contribution in [0.2, 0.25) is 0 Å². The fourth-order valence-electron chi connectivity index (χ4n) is 4.85. The lowest BCUT2D eigenvalue weighted by Crippen LogP contribution is -2.59. The van der Waals surface area contributed by atoms with E-state index in [1.165, 1.54) is 18.4 Å². The van der Waals surface area contributed by atoms with Crippen molar-refractivity contribution in [3.63, 3.8) is 0 Å². The molecule has 3 nitrogen and oxygen atoms in total. The molecule has 1 heterocycles. The van der Waals surface area contributed by atoms with Crippen molar-refractivity contribution in [1.82, 2.24) is 0 Å². The second-order valence-electron chi connectivity index (χ2n) is 8.45. The highest BCUT2D eigenvalue weighted by Gasteiger charge is 2.39. The molecule has 0 aliphatic carbocycles. The molecule has 0 bridgehead atoms. The Morgan fingerprint density at radius 3 is 2.36 bits per heavy atom. The summed E-state index contributed by atoms with van der Waals surface area (Å²) in [5.41, 5.74) is 4.68. The van der Waals surface area contributed by atoms with E-state index < -0.39 is 0 Å². The Bertz CT molecular complexity index is 781. The van der Waals surface area contributed by atoms with Crippen LogP contribution in [0.3, 0.4) is 0 Å². The highest BCUT2D eigenvalue weighted by Crippen LogP contribution is 2.32. The summed E-state index contributed by atoms with van der Waals surface area (Å²) in [4.78, 5) is 13.2. The van der Waals surface area contributed by atoms with E-state index in [1.807, 2.05) is 6.07 Å². The lowest BCUT2D eigenvalue weighted by atomic mass is 9.92. The van der Waals surface area contributed by atoms with Crippen LogP contribution in [0.4, 0.5) is 5.69 Å². The maximum Gasteiger partial charge on any atom is 0.282 e. The first kappa shape index (κ1) is 20.6. The number of para-hydroxylation sites is 1. The van der Waals surface area contributed by atoms with Crippen LogP contribution in [0.25, 0.3) is 0 Å². The second-order valence-corrected chi connectivity index (χ2v) is 8.45. The molecule has 0 radical (unpaired) electrons. The fraction of sp³-hybridized carbons (Fsp3) is 0.480. The summed E-state index contributed by atoms with van der Waals surface area (Å²) in [5, 5.41) is 3.24. The Hall–Kier alpha value is -2.13. The second kappa shape index (κ2) is 8.91. The molecule has 0 saturated carbocycles. The minimum atomic E-state index is -0.0430. The topological polar surface area (TPSA) is 29.1 Å². The molecule has 2 aromatic carbocycles. The molecule has 28 heavy (non-hydrogen) atoms. The Morgan fingerprint density at radius 1 is 1.04 bits per heavy atom. The first-order valence-electron chi connectivity index (χ1n) is 10.7. The average Bonchev–Trinajstić information content (AvgIpc) is 2.94. The number of nitrogens with one attached hydrogen (secondary N) is 1. The number of aryl methyl sites for hydroxylation is 2. The summed E-state index contributed by atoms with van der Waals surface area (Å²) in [7, 11) is 0. The third-order valence-electron chi connectivity index (χ3n) is 6.91. The quantitative estimate of drug-likeness (QED) is 0.689. The normalized spacial score (nSPS) is 23.6. The van der Waals surface area contributed by atoms with E-state index in [4.69, 9.17) is 0 Å². The molecule has 1 saturated heterocycles. The summed E-state index contributed by atoms with van der Waals surface area (Å²) in [6.07, 6.45) is 3.54. The number of rotatable bonds is 5. The number of likely N-dealkylation sites (tertiary alicyclic amines) is 1. The highest BCUT2D eigenvalue weighted by atomic mass is 16.2. The molecule has 3 unspecified atom stereocenters. The summed E-state index contributed by atoms with van der Waals surface area (Å²) in [6, 6.07) is 17.0. The lowest BCUT2D eigenvalue weighted by molar-refractivity contribution is -0.938. The van der Waals surface area contributed by atoms with Crippen LogP contribution in [-0.2, 0) is 4.79 Å².